The Morgan fingerprint density at radius 3 is 2.00 bits per heavy atom. The molecule has 0 radical (unpaired) electrons. The average molecular weight is 238 g/mol. The molecule has 0 N–H and O–H groups in total. The van der Waals surface area contributed by atoms with Crippen LogP contribution in [0.4, 0.5) is 0 Å². The van der Waals surface area contributed by atoms with Crippen LogP contribution in [0.5, 0.6) is 0 Å². The molecule has 0 spiro atoms. The molecule has 0 bridgehead atoms. The summed E-state index contributed by atoms with van der Waals surface area (Å²) in [6.45, 7) is 6.64. The van der Waals surface area contributed by atoms with Gasteiger partial charge in [-0.3, -0.25) is 0 Å². The zero-order chi connectivity index (χ0) is 13.0. The van der Waals surface area contributed by atoms with E-state index in [0.717, 1.165) is 0 Å². The first-order valence-electron chi connectivity index (χ1n) is 6.77. The average Bonchev–Trinajstić information content (AvgIpc) is 2.34. The van der Waals surface area contributed by atoms with Crippen molar-refractivity contribution in [1.82, 2.24) is 0 Å². The summed E-state index contributed by atoms with van der Waals surface area (Å²) in [6.07, 6.45) is 3.59. The Bertz CT molecular complexity index is 486. The molecule has 0 unspecified atom stereocenters. The highest BCUT2D eigenvalue weighted by atomic mass is 14.1. The fourth-order valence-electron chi connectivity index (χ4n) is 2.72. The molecule has 0 saturated heterocycles. The second kappa shape index (κ2) is 5.86. The highest BCUT2D eigenvalue weighted by molar-refractivity contribution is 5.37. The van der Waals surface area contributed by atoms with E-state index in [1.165, 1.54) is 47.1 Å². The van der Waals surface area contributed by atoms with Gasteiger partial charge in [0, 0.05) is 0 Å². The summed E-state index contributed by atoms with van der Waals surface area (Å²) >= 11 is 0. The third-order valence-corrected chi connectivity index (χ3v) is 3.58. The maximum absolute atomic E-state index is 2.30. The lowest BCUT2D eigenvalue weighted by atomic mass is 9.95. The van der Waals surface area contributed by atoms with E-state index in [2.05, 4.69) is 63.2 Å². The fraction of sp³-hybridized carbons (Fsp3) is 0.333. The van der Waals surface area contributed by atoms with Gasteiger partial charge in [-0.05, 0) is 62.3 Å². The summed E-state index contributed by atoms with van der Waals surface area (Å²) in [5.74, 6) is 0. The number of aryl methyl sites for hydroxylation is 4. The molecule has 0 atom stereocenters. The molecule has 0 heteroatoms. The van der Waals surface area contributed by atoms with E-state index >= 15 is 0 Å². The lowest BCUT2D eigenvalue weighted by Crippen LogP contribution is -1.97. The molecule has 0 heterocycles. The van der Waals surface area contributed by atoms with Crippen LogP contribution in [0.25, 0.3) is 0 Å². The second-order valence-electron chi connectivity index (χ2n) is 5.22. The Kier molecular flexibility index (Phi) is 4.19. The Balaban J connectivity index is 1.99. The summed E-state index contributed by atoms with van der Waals surface area (Å²) in [7, 11) is 0. The lowest BCUT2D eigenvalue weighted by molar-refractivity contribution is 0.811. The van der Waals surface area contributed by atoms with E-state index in [0.29, 0.717) is 0 Å². The Hall–Kier alpha value is -1.56. The van der Waals surface area contributed by atoms with Crippen molar-refractivity contribution >= 4 is 0 Å². The minimum absolute atomic E-state index is 1.17. The molecule has 0 aliphatic carbocycles. The maximum atomic E-state index is 2.30. The van der Waals surface area contributed by atoms with Crippen LogP contribution in [0.3, 0.4) is 0 Å². The standard InChI is InChI=1S/C18H22/c1-14-12-15(2)18(16(3)13-14)11-7-10-17-8-5-4-6-9-17/h4-6,8-9,12-13H,7,10-11H2,1-3H3. The van der Waals surface area contributed by atoms with Crippen molar-refractivity contribution in [1.29, 1.82) is 0 Å². The second-order valence-corrected chi connectivity index (χ2v) is 5.22. The van der Waals surface area contributed by atoms with E-state index in [9.17, 15) is 0 Å². The van der Waals surface area contributed by atoms with Crippen LogP contribution in [0, 0.1) is 20.8 Å². The van der Waals surface area contributed by atoms with Gasteiger partial charge >= 0.3 is 0 Å². The van der Waals surface area contributed by atoms with E-state index in [1.54, 1.807) is 0 Å². The summed E-state index contributed by atoms with van der Waals surface area (Å²) in [5, 5.41) is 0. The van der Waals surface area contributed by atoms with Crippen LogP contribution >= 0.6 is 0 Å². The van der Waals surface area contributed by atoms with Crippen molar-refractivity contribution in [3.8, 4) is 0 Å². The van der Waals surface area contributed by atoms with Crippen LogP contribution in [-0.4, -0.2) is 0 Å². The van der Waals surface area contributed by atoms with Crippen molar-refractivity contribution in [3.05, 3.63) is 70.3 Å². The molecule has 0 aromatic heterocycles. The van der Waals surface area contributed by atoms with Crippen LogP contribution in [-0.2, 0) is 12.8 Å². The van der Waals surface area contributed by atoms with Gasteiger partial charge in [0.05, 0.1) is 0 Å². The van der Waals surface area contributed by atoms with Crippen LogP contribution in [0.15, 0.2) is 42.5 Å². The van der Waals surface area contributed by atoms with Gasteiger partial charge in [-0.1, -0.05) is 48.0 Å². The van der Waals surface area contributed by atoms with Gasteiger partial charge in [0.1, 0.15) is 0 Å². The quantitative estimate of drug-likeness (QED) is 0.718. The van der Waals surface area contributed by atoms with Gasteiger partial charge in [-0.15, -0.1) is 0 Å². The summed E-state index contributed by atoms with van der Waals surface area (Å²) in [6, 6.07) is 15.4. The minimum atomic E-state index is 1.17. The number of benzene rings is 2. The molecule has 0 aliphatic heterocycles. The molecule has 2 aromatic rings. The van der Waals surface area contributed by atoms with E-state index in [-0.39, 0.29) is 0 Å². The summed E-state index contributed by atoms with van der Waals surface area (Å²) in [4.78, 5) is 0. The van der Waals surface area contributed by atoms with E-state index in [4.69, 9.17) is 0 Å². The number of hydrogen-bond acceptors (Lipinski definition) is 0. The van der Waals surface area contributed by atoms with E-state index < -0.39 is 0 Å². The molecule has 0 nitrogen and oxygen atoms in total. The number of rotatable bonds is 4. The molecule has 0 fully saturated rings. The van der Waals surface area contributed by atoms with Crippen molar-refractivity contribution in [2.24, 2.45) is 0 Å². The first kappa shape index (κ1) is 12.9. The third-order valence-electron chi connectivity index (χ3n) is 3.58. The van der Waals surface area contributed by atoms with Gasteiger partial charge < -0.3 is 0 Å². The molecule has 2 aromatic carbocycles. The van der Waals surface area contributed by atoms with Gasteiger partial charge in [-0.2, -0.15) is 0 Å². The summed E-state index contributed by atoms with van der Waals surface area (Å²) < 4.78 is 0. The Morgan fingerprint density at radius 2 is 1.39 bits per heavy atom. The minimum Gasteiger partial charge on any atom is -0.0622 e. The first-order valence-corrected chi connectivity index (χ1v) is 6.77. The summed E-state index contributed by atoms with van der Waals surface area (Å²) in [5.41, 5.74) is 7.24. The first-order chi connectivity index (χ1) is 8.66. The maximum Gasteiger partial charge on any atom is -0.0270 e. The highest BCUT2D eigenvalue weighted by Crippen LogP contribution is 2.18. The Morgan fingerprint density at radius 1 is 0.778 bits per heavy atom. The monoisotopic (exact) mass is 238 g/mol. The Labute approximate surface area is 111 Å². The SMILES string of the molecule is Cc1cc(C)c(CCCc2ccccc2)c(C)c1. The molecule has 0 saturated carbocycles. The molecule has 0 amide bonds. The van der Waals surface area contributed by atoms with Crippen molar-refractivity contribution in [3.63, 3.8) is 0 Å². The van der Waals surface area contributed by atoms with Gasteiger partial charge in [0.15, 0.2) is 0 Å². The van der Waals surface area contributed by atoms with Crippen molar-refractivity contribution in [2.75, 3.05) is 0 Å². The van der Waals surface area contributed by atoms with Crippen molar-refractivity contribution in [2.45, 2.75) is 40.0 Å². The molecule has 18 heavy (non-hydrogen) atoms. The molecular weight excluding hydrogens is 216 g/mol. The largest absolute Gasteiger partial charge is 0.0622 e. The predicted octanol–water partition coefficient (Wildman–Crippen LogP) is 4.79. The van der Waals surface area contributed by atoms with Gasteiger partial charge in [-0.25, -0.2) is 0 Å². The normalized spacial score (nSPS) is 10.6. The molecule has 0 aliphatic rings. The van der Waals surface area contributed by atoms with E-state index in [1.807, 2.05) is 0 Å². The smallest absolute Gasteiger partial charge is 0.0270 e. The molecular formula is C18H22. The van der Waals surface area contributed by atoms with Gasteiger partial charge in [0.2, 0.25) is 0 Å². The molecule has 2 rings (SSSR count). The van der Waals surface area contributed by atoms with Crippen LogP contribution in [0.1, 0.15) is 34.2 Å². The van der Waals surface area contributed by atoms with Crippen LogP contribution < -0.4 is 0 Å². The topological polar surface area (TPSA) is 0 Å². The molecule has 94 valence electrons. The van der Waals surface area contributed by atoms with Crippen molar-refractivity contribution < 1.29 is 0 Å². The number of hydrogen-bond donors (Lipinski definition) is 0. The zero-order valence-corrected chi connectivity index (χ0v) is 11.7. The lowest BCUT2D eigenvalue weighted by Gasteiger charge is -2.11. The fourth-order valence-corrected chi connectivity index (χ4v) is 2.72. The third kappa shape index (κ3) is 3.22. The zero-order valence-electron chi connectivity index (χ0n) is 11.7. The van der Waals surface area contributed by atoms with Gasteiger partial charge in [0.25, 0.3) is 0 Å². The predicted molar refractivity (Wildman–Crippen MR) is 79.1 cm³/mol. The van der Waals surface area contributed by atoms with Crippen LogP contribution in [0.2, 0.25) is 0 Å². The highest BCUT2D eigenvalue weighted by Gasteiger charge is 2.03.